The third-order valence-electron chi connectivity index (χ3n) is 2.68. The van der Waals surface area contributed by atoms with E-state index in [0.29, 0.717) is 12.4 Å². The molecule has 2 amide bonds. The van der Waals surface area contributed by atoms with Crippen LogP contribution in [0.1, 0.15) is 11.3 Å². The molecular weight excluding hydrogens is 242 g/mol. The maximum Gasteiger partial charge on any atom is 0.320 e. The first-order valence-corrected chi connectivity index (χ1v) is 6.12. The molecule has 1 aromatic rings. The molecular formula is C10H16ClN5O. The largest absolute Gasteiger partial charge is 0.337 e. The first kappa shape index (κ1) is 12.2. The van der Waals surface area contributed by atoms with E-state index in [1.165, 1.54) is 0 Å². The van der Waals surface area contributed by atoms with Gasteiger partial charge in [-0.1, -0.05) is 0 Å². The normalized spacial score (nSPS) is 14.2. The smallest absolute Gasteiger partial charge is 0.320 e. The van der Waals surface area contributed by atoms with E-state index in [-0.39, 0.29) is 6.03 Å². The fraction of sp³-hybridized carbons (Fsp3) is 0.600. The first-order chi connectivity index (χ1) is 8.22. The lowest BCUT2D eigenvalue weighted by atomic mass is 10.1. The van der Waals surface area contributed by atoms with Crippen LogP contribution in [-0.2, 0) is 20.0 Å². The zero-order valence-electron chi connectivity index (χ0n) is 9.72. The van der Waals surface area contributed by atoms with Crippen molar-refractivity contribution in [2.75, 3.05) is 24.3 Å². The molecule has 3 N–H and O–H groups in total. The maximum absolute atomic E-state index is 11.6. The third kappa shape index (κ3) is 2.70. The molecule has 0 saturated heterocycles. The summed E-state index contributed by atoms with van der Waals surface area (Å²) >= 11 is 5.50. The van der Waals surface area contributed by atoms with E-state index in [0.717, 1.165) is 36.6 Å². The van der Waals surface area contributed by atoms with Gasteiger partial charge in [-0.2, -0.15) is 5.10 Å². The number of carbonyl (C=O) groups is 1. The lowest BCUT2D eigenvalue weighted by Gasteiger charge is -2.13. The molecule has 7 heteroatoms. The zero-order valence-corrected chi connectivity index (χ0v) is 10.5. The molecule has 2 heterocycles. The number of halogens is 1. The Morgan fingerprint density at radius 1 is 1.65 bits per heavy atom. The molecule has 0 unspecified atom stereocenters. The molecule has 0 atom stereocenters. The summed E-state index contributed by atoms with van der Waals surface area (Å²) in [6, 6.07) is -0.248. The molecule has 0 fully saturated rings. The summed E-state index contributed by atoms with van der Waals surface area (Å²) in [6.45, 7) is 2.13. The van der Waals surface area contributed by atoms with E-state index in [1.807, 2.05) is 7.05 Å². The highest BCUT2D eigenvalue weighted by atomic mass is 35.5. The van der Waals surface area contributed by atoms with Crippen molar-refractivity contribution in [1.82, 2.24) is 20.4 Å². The molecule has 0 aliphatic carbocycles. The van der Waals surface area contributed by atoms with Gasteiger partial charge in [0.25, 0.3) is 0 Å². The van der Waals surface area contributed by atoms with Crippen molar-refractivity contribution in [3.8, 4) is 0 Å². The van der Waals surface area contributed by atoms with Crippen molar-refractivity contribution in [3.63, 3.8) is 0 Å². The van der Waals surface area contributed by atoms with Crippen molar-refractivity contribution in [2.24, 2.45) is 7.05 Å². The quantitative estimate of drug-likeness (QED) is 0.688. The van der Waals surface area contributed by atoms with Gasteiger partial charge < -0.3 is 10.6 Å². The lowest BCUT2D eigenvalue weighted by Crippen LogP contribution is -2.32. The van der Waals surface area contributed by atoms with Crippen LogP contribution in [0.15, 0.2) is 0 Å². The van der Waals surface area contributed by atoms with E-state index < -0.39 is 0 Å². The fourth-order valence-electron chi connectivity index (χ4n) is 1.90. The van der Waals surface area contributed by atoms with Crippen LogP contribution >= 0.6 is 11.6 Å². The van der Waals surface area contributed by atoms with Crippen LogP contribution in [0.2, 0.25) is 0 Å². The van der Waals surface area contributed by atoms with Crippen molar-refractivity contribution in [3.05, 3.63) is 11.3 Å². The van der Waals surface area contributed by atoms with Gasteiger partial charge in [0.15, 0.2) is 0 Å². The van der Waals surface area contributed by atoms with Gasteiger partial charge in [-0.05, 0) is 0 Å². The average molecular weight is 258 g/mol. The van der Waals surface area contributed by atoms with E-state index in [2.05, 4.69) is 21.0 Å². The third-order valence-corrected chi connectivity index (χ3v) is 2.87. The number of aryl methyl sites for hydroxylation is 1. The molecule has 0 saturated carbocycles. The van der Waals surface area contributed by atoms with Gasteiger partial charge >= 0.3 is 6.03 Å². The Labute approximate surface area is 105 Å². The van der Waals surface area contributed by atoms with Crippen LogP contribution in [0.25, 0.3) is 0 Å². The molecule has 1 aliphatic heterocycles. The summed E-state index contributed by atoms with van der Waals surface area (Å²) in [6.07, 6.45) is 0.897. The van der Waals surface area contributed by atoms with E-state index in [4.69, 9.17) is 11.6 Å². The number of hydrogen-bond donors (Lipinski definition) is 3. The van der Waals surface area contributed by atoms with Crippen molar-refractivity contribution in [1.29, 1.82) is 0 Å². The number of urea groups is 1. The summed E-state index contributed by atoms with van der Waals surface area (Å²) in [5.74, 6) is 1.15. The Morgan fingerprint density at radius 3 is 3.24 bits per heavy atom. The highest BCUT2D eigenvalue weighted by Crippen LogP contribution is 2.21. The number of amides is 2. The second kappa shape index (κ2) is 5.37. The topological polar surface area (TPSA) is 71.0 Å². The molecule has 0 bridgehead atoms. The minimum atomic E-state index is -0.248. The number of carbonyl (C=O) groups excluding carboxylic acids is 1. The summed E-state index contributed by atoms with van der Waals surface area (Å²) in [7, 11) is 1.83. The monoisotopic (exact) mass is 257 g/mol. The van der Waals surface area contributed by atoms with Gasteiger partial charge in [0, 0.05) is 44.5 Å². The molecule has 0 aromatic carbocycles. The lowest BCUT2D eigenvalue weighted by molar-refractivity contribution is 0.252. The Hall–Kier alpha value is -1.27. The summed E-state index contributed by atoms with van der Waals surface area (Å²) in [5.41, 5.74) is 2.12. The van der Waals surface area contributed by atoms with Gasteiger partial charge in [0.1, 0.15) is 5.82 Å². The molecule has 17 heavy (non-hydrogen) atoms. The van der Waals surface area contributed by atoms with Gasteiger partial charge in [0.2, 0.25) is 0 Å². The van der Waals surface area contributed by atoms with Crippen LogP contribution in [0.4, 0.5) is 10.6 Å². The van der Waals surface area contributed by atoms with E-state index >= 15 is 0 Å². The number of nitrogens with zero attached hydrogens (tertiary/aromatic N) is 2. The van der Waals surface area contributed by atoms with E-state index in [1.54, 1.807) is 4.68 Å². The van der Waals surface area contributed by atoms with Crippen LogP contribution in [0, 0.1) is 0 Å². The number of anilines is 1. The van der Waals surface area contributed by atoms with Crippen LogP contribution in [-0.4, -0.2) is 34.8 Å². The fourth-order valence-corrected chi connectivity index (χ4v) is 1.99. The highest BCUT2D eigenvalue weighted by Gasteiger charge is 2.20. The Balaban J connectivity index is 2.10. The van der Waals surface area contributed by atoms with Gasteiger partial charge in [-0.15, -0.1) is 11.6 Å². The average Bonchev–Trinajstić information content (AvgIpc) is 2.64. The molecule has 0 radical (unpaired) electrons. The summed E-state index contributed by atoms with van der Waals surface area (Å²) in [5, 5.41) is 13.1. The Bertz CT molecular complexity index is 417. The molecule has 1 aromatic heterocycles. The first-order valence-electron chi connectivity index (χ1n) is 5.58. The van der Waals surface area contributed by atoms with Crippen LogP contribution in [0.3, 0.4) is 0 Å². The van der Waals surface area contributed by atoms with E-state index in [9.17, 15) is 4.79 Å². The highest BCUT2D eigenvalue weighted by molar-refractivity contribution is 6.18. The second-order valence-electron chi connectivity index (χ2n) is 3.89. The second-order valence-corrected chi connectivity index (χ2v) is 4.27. The molecule has 0 spiro atoms. The van der Waals surface area contributed by atoms with Crippen molar-refractivity contribution < 1.29 is 4.79 Å². The Kier molecular flexibility index (Phi) is 3.86. The van der Waals surface area contributed by atoms with Gasteiger partial charge in [-0.25, -0.2) is 4.79 Å². The number of fused-ring (bicyclic) bond motifs is 1. The standard InChI is InChI=1S/C10H16ClN5O/c1-16-9(14-10(17)13-5-3-11)7-6-12-4-2-8(7)15-16/h12H,2-6H2,1H3,(H2,13,14,17). The minimum Gasteiger partial charge on any atom is -0.337 e. The molecule has 94 valence electrons. The van der Waals surface area contributed by atoms with Gasteiger partial charge in [0.05, 0.1) is 5.69 Å². The number of nitrogens with one attached hydrogen (secondary N) is 3. The number of aromatic nitrogens is 2. The maximum atomic E-state index is 11.6. The number of alkyl halides is 1. The molecule has 6 nitrogen and oxygen atoms in total. The molecule has 2 rings (SSSR count). The summed E-state index contributed by atoms with van der Waals surface area (Å²) in [4.78, 5) is 11.6. The van der Waals surface area contributed by atoms with Crippen molar-refractivity contribution >= 4 is 23.4 Å². The predicted molar refractivity (Wildman–Crippen MR) is 66.4 cm³/mol. The number of rotatable bonds is 3. The van der Waals surface area contributed by atoms with Crippen LogP contribution in [0.5, 0.6) is 0 Å². The molecule has 1 aliphatic rings. The number of hydrogen-bond acceptors (Lipinski definition) is 3. The van der Waals surface area contributed by atoms with Crippen LogP contribution < -0.4 is 16.0 Å². The van der Waals surface area contributed by atoms with Gasteiger partial charge in [-0.3, -0.25) is 10.00 Å². The zero-order chi connectivity index (χ0) is 12.3. The SMILES string of the molecule is Cn1nc2c(c1NC(=O)NCCCl)CNCC2. The predicted octanol–water partition coefficient (Wildman–Crippen LogP) is 0.426. The minimum absolute atomic E-state index is 0.248. The Morgan fingerprint density at radius 2 is 2.47 bits per heavy atom. The van der Waals surface area contributed by atoms with Crippen molar-refractivity contribution in [2.45, 2.75) is 13.0 Å². The summed E-state index contributed by atoms with van der Waals surface area (Å²) < 4.78 is 1.71.